The maximum absolute atomic E-state index is 13.1. The predicted octanol–water partition coefficient (Wildman–Crippen LogP) is 4.80. The number of ether oxygens (including phenoxy) is 2. The van der Waals surface area contributed by atoms with Gasteiger partial charge in [-0.05, 0) is 79.3 Å². The number of hydrogen-bond donors (Lipinski definition) is 1. The number of barbiturate groups is 1. The first kappa shape index (κ1) is 23.1. The van der Waals surface area contributed by atoms with Crippen LogP contribution in [0.4, 0.5) is 10.5 Å². The van der Waals surface area contributed by atoms with Gasteiger partial charge in [-0.2, -0.15) is 0 Å². The lowest BCUT2D eigenvalue weighted by molar-refractivity contribution is -0.122. The summed E-state index contributed by atoms with van der Waals surface area (Å²) in [6, 6.07) is 9.01. The smallest absolute Gasteiger partial charge is 0.335 e. The van der Waals surface area contributed by atoms with Crippen LogP contribution in [0.25, 0.3) is 6.08 Å². The third kappa shape index (κ3) is 5.01. The second-order valence-corrected chi connectivity index (χ2v) is 8.41. The summed E-state index contributed by atoms with van der Waals surface area (Å²) in [7, 11) is 0. The van der Waals surface area contributed by atoms with Crippen molar-refractivity contribution in [2.75, 3.05) is 11.5 Å². The van der Waals surface area contributed by atoms with Crippen molar-refractivity contribution in [2.45, 2.75) is 26.9 Å². The first-order chi connectivity index (χ1) is 14.7. The molecule has 0 radical (unpaired) electrons. The van der Waals surface area contributed by atoms with Gasteiger partial charge in [-0.3, -0.25) is 14.9 Å². The molecule has 0 aliphatic carbocycles. The molecule has 0 aromatic heterocycles. The molecular formula is C22H20ClIN2O5. The number of carbonyl (C=O) groups excluding carboxylic acids is 3. The molecule has 1 aliphatic rings. The van der Waals surface area contributed by atoms with Gasteiger partial charge < -0.3 is 9.47 Å². The lowest BCUT2D eigenvalue weighted by Crippen LogP contribution is -2.54. The summed E-state index contributed by atoms with van der Waals surface area (Å²) in [5.41, 5.74) is 0.543. The van der Waals surface area contributed by atoms with E-state index in [1.807, 2.05) is 20.8 Å². The number of urea groups is 1. The highest BCUT2D eigenvalue weighted by Crippen LogP contribution is 2.36. The van der Waals surface area contributed by atoms with Crippen molar-refractivity contribution in [1.29, 1.82) is 0 Å². The summed E-state index contributed by atoms with van der Waals surface area (Å²) in [5.74, 6) is -0.462. The fourth-order valence-electron chi connectivity index (χ4n) is 2.96. The molecule has 7 nitrogen and oxygen atoms in total. The van der Waals surface area contributed by atoms with E-state index < -0.39 is 17.8 Å². The molecule has 0 unspecified atom stereocenters. The normalized spacial score (nSPS) is 15.5. The van der Waals surface area contributed by atoms with Crippen LogP contribution >= 0.6 is 34.2 Å². The number of amides is 4. The zero-order chi connectivity index (χ0) is 22.7. The Labute approximate surface area is 198 Å². The quantitative estimate of drug-likeness (QED) is 0.315. The number of carbonyl (C=O) groups is 3. The molecule has 0 bridgehead atoms. The molecule has 1 fully saturated rings. The second-order valence-electron chi connectivity index (χ2n) is 6.84. The molecule has 1 aliphatic heterocycles. The number of nitrogens with zero attached hydrogens (tertiary/aromatic N) is 1. The van der Waals surface area contributed by atoms with Gasteiger partial charge in [-0.1, -0.05) is 23.7 Å². The third-order valence-corrected chi connectivity index (χ3v) is 5.31. The number of para-hydroxylation sites is 1. The van der Waals surface area contributed by atoms with Gasteiger partial charge in [0.25, 0.3) is 11.8 Å². The summed E-state index contributed by atoms with van der Waals surface area (Å²) in [4.78, 5) is 38.7. The molecule has 0 spiro atoms. The SMILES string of the molecule is CCOc1cc(/C=C2\C(=O)NC(=O)N(c3ccccc3Cl)C2=O)cc(I)c1OC(C)C. The van der Waals surface area contributed by atoms with E-state index in [0.717, 1.165) is 8.47 Å². The summed E-state index contributed by atoms with van der Waals surface area (Å²) >= 11 is 8.27. The maximum atomic E-state index is 13.1. The lowest BCUT2D eigenvalue weighted by atomic mass is 10.1. The third-order valence-electron chi connectivity index (χ3n) is 4.19. The molecule has 1 N–H and O–H groups in total. The van der Waals surface area contributed by atoms with E-state index in [9.17, 15) is 14.4 Å². The summed E-state index contributed by atoms with van der Waals surface area (Å²) in [6.45, 7) is 6.08. The minimum absolute atomic E-state index is 0.0576. The molecule has 4 amide bonds. The van der Waals surface area contributed by atoms with Crippen LogP contribution in [0, 0.1) is 3.57 Å². The molecule has 2 aromatic carbocycles. The average Bonchev–Trinajstić information content (AvgIpc) is 2.69. The number of anilines is 1. The molecule has 1 saturated heterocycles. The van der Waals surface area contributed by atoms with Crippen LogP contribution in [0.1, 0.15) is 26.3 Å². The van der Waals surface area contributed by atoms with Crippen LogP contribution in [0.3, 0.4) is 0 Å². The molecular weight excluding hydrogens is 535 g/mol. The van der Waals surface area contributed by atoms with Gasteiger partial charge >= 0.3 is 6.03 Å². The molecule has 0 saturated carbocycles. The van der Waals surface area contributed by atoms with Gasteiger partial charge in [0.2, 0.25) is 0 Å². The van der Waals surface area contributed by atoms with Crippen LogP contribution < -0.4 is 19.7 Å². The Morgan fingerprint density at radius 1 is 1.19 bits per heavy atom. The molecule has 3 rings (SSSR count). The minimum atomic E-state index is -0.856. The van der Waals surface area contributed by atoms with Crippen LogP contribution in [0.2, 0.25) is 5.02 Å². The fourth-order valence-corrected chi connectivity index (χ4v) is 3.93. The largest absolute Gasteiger partial charge is 0.490 e. The highest BCUT2D eigenvalue weighted by atomic mass is 127. The van der Waals surface area contributed by atoms with E-state index in [-0.39, 0.29) is 22.4 Å². The molecule has 162 valence electrons. The molecule has 0 atom stereocenters. The number of benzene rings is 2. The van der Waals surface area contributed by atoms with Gasteiger partial charge in [0, 0.05) is 0 Å². The Balaban J connectivity index is 2.05. The van der Waals surface area contributed by atoms with Gasteiger partial charge in [0.15, 0.2) is 11.5 Å². The van der Waals surface area contributed by atoms with Crippen molar-refractivity contribution < 1.29 is 23.9 Å². The van der Waals surface area contributed by atoms with Gasteiger partial charge in [0.05, 0.1) is 27.0 Å². The molecule has 2 aromatic rings. The highest BCUT2D eigenvalue weighted by Gasteiger charge is 2.37. The number of nitrogens with one attached hydrogen (secondary N) is 1. The Morgan fingerprint density at radius 3 is 2.55 bits per heavy atom. The van der Waals surface area contributed by atoms with Crippen molar-refractivity contribution in [2.24, 2.45) is 0 Å². The average molecular weight is 555 g/mol. The van der Waals surface area contributed by atoms with E-state index in [2.05, 4.69) is 27.9 Å². The number of halogens is 2. The van der Waals surface area contributed by atoms with Crippen molar-refractivity contribution in [1.82, 2.24) is 5.32 Å². The summed E-state index contributed by atoms with van der Waals surface area (Å²) in [5, 5.41) is 2.40. The topological polar surface area (TPSA) is 84.9 Å². The van der Waals surface area contributed by atoms with Crippen LogP contribution in [-0.4, -0.2) is 30.6 Å². The lowest BCUT2D eigenvalue weighted by Gasteiger charge is -2.27. The monoisotopic (exact) mass is 554 g/mol. The summed E-state index contributed by atoms with van der Waals surface area (Å²) < 4.78 is 12.3. The van der Waals surface area contributed by atoms with Gasteiger partial charge in [-0.25, -0.2) is 9.69 Å². The zero-order valence-electron chi connectivity index (χ0n) is 17.1. The van der Waals surface area contributed by atoms with Crippen LogP contribution in [0.5, 0.6) is 11.5 Å². The Bertz CT molecular complexity index is 1080. The first-order valence-electron chi connectivity index (χ1n) is 9.51. The highest BCUT2D eigenvalue weighted by molar-refractivity contribution is 14.1. The van der Waals surface area contributed by atoms with Gasteiger partial charge in [-0.15, -0.1) is 0 Å². The fraction of sp³-hybridized carbons (Fsp3) is 0.227. The Kier molecular flexibility index (Phi) is 7.22. The number of imide groups is 2. The first-order valence-corrected chi connectivity index (χ1v) is 11.0. The van der Waals surface area contributed by atoms with E-state index in [0.29, 0.717) is 23.7 Å². The van der Waals surface area contributed by atoms with Crippen molar-refractivity contribution >= 4 is 63.8 Å². The van der Waals surface area contributed by atoms with Crippen molar-refractivity contribution in [3.63, 3.8) is 0 Å². The molecule has 1 heterocycles. The van der Waals surface area contributed by atoms with Crippen molar-refractivity contribution in [3.05, 3.63) is 56.1 Å². The van der Waals surface area contributed by atoms with E-state index >= 15 is 0 Å². The standard InChI is InChI=1S/C22H20ClIN2O5/c1-4-30-18-11-13(10-16(24)19(18)31-12(2)3)9-14-20(27)25-22(29)26(21(14)28)17-8-6-5-7-15(17)23/h5-12H,4H2,1-3H3,(H,25,27,29)/b14-9+. The Morgan fingerprint density at radius 2 is 1.90 bits per heavy atom. The minimum Gasteiger partial charge on any atom is -0.490 e. The number of rotatable bonds is 6. The predicted molar refractivity (Wildman–Crippen MR) is 127 cm³/mol. The zero-order valence-corrected chi connectivity index (χ0v) is 20.0. The number of hydrogen-bond acceptors (Lipinski definition) is 5. The van der Waals surface area contributed by atoms with E-state index in [1.165, 1.54) is 12.1 Å². The summed E-state index contributed by atoms with van der Waals surface area (Å²) in [6.07, 6.45) is 1.36. The van der Waals surface area contributed by atoms with E-state index in [1.54, 1.807) is 30.3 Å². The maximum Gasteiger partial charge on any atom is 0.335 e. The van der Waals surface area contributed by atoms with E-state index in [4.69, 9.17) is 21.1 Å². The van der Waals surface area contributed by atoms with Crippen LogP contribution in [0.15, 0.2) is 42.0 Å². The Hall–Kier alpha value is -2.59. The second kappa shape index (κ2) is 9.69. The molecule has 9 heteroatoms. The molecule has 31 heavy (non-hydrogen) atoms. The van der Waals surface area contributed by atoms with Crippen molar-refractivity contribution in [3.8, 4) is 11.5 Å². The van der Waals surface area contributed by atoms with Crippen LogP contribution in [-0.2, 0) is 9.59 Å². The van der Waals surface area contributed by atoms with Gasteiger partial charge in [0.1, 0.15) is 5.57 Å².